The Kier molecular flexibility index (Phi) is 6.50. The van der Waals surface area contributed by atoms with Gasteiger partial charge in [-0.3, -0.25) is 9.59 Å². The van der Waals surface area contributed by atoms with Crippen molar-refractivity contribution in [3.63, 3.8) is 0 Å². The summed E-state index contributed by atoms with van der Waals surface area (Å²) < 4.78 is 0. The molecule has 1 aromatic rings. The first kappa shape index (κ1) is 16.0. The van der Waals surface area contributed by atoms with Crippen molar-refractivity contribution in [1.29, 1.82) is 0 Å². The van der Waals surface area contributed by atoms with Gasteiger partial charge in [0.15, 0.2) is 0 Å². The fraction of sp³-hybridized carbons (Fsp3) is 0.375. The summed E-state index contributed by atoms with van der Waals surface area (Å²) in [5.74, 6) is -0.293. The Balaban J connectivity index is 2.59. The third-order valence-corrected chi connectivity index (χ3v) is 2.70. The summed E-state index contributed by atoms with van der Waals surface area (Å²) in [5, 5.41) is 2.78. The number of benzene rings is 1. The number of nitrogens with one attached hydrogen (secondary N) is 1. The lowest BCUT2D eigenvalue weighted by atomic mass is 10.2. The monoisotopic (exact) mass is 274 g/mol. The molecule has 0 saturated carbocycles. The van der Waals surface area contributed by atoms with E-state index in [2.05, 4.69) is 5.32 Å². The summed E-state index contributed by atoms with van der Waals surface area (Å²) in [6.45, 7) is 6.24. The fourth-order valence-corrected chi connectivity index (χ4v) is 1.72. The third kappa shape index (κ3) is 5.69. The number of hydrogen-bond donors (Lipinski definition) is 1. The van der Waals surface area contributed by atoms with E-state index < -0.39 is 0 Å². The Morgan fingerprint density at radius 2 is 1.90 bits per heavy atom. The van der Waals surface area contributed by atoms with Crippen LogP contribution in [0.1, 0.15) is 26.3 Å². The predicted molar refractivity (Wildman–Crippen MR) is 81.0 cm³/mol. The van der Waals surface area contributed by atoms with Gasteiger partial charge < -0.3 is 10.2 Å². The van der Waals surface area contributed by atoms with E-state index in [4.69, 9.17) is 0 Å². The number of carbonyl (C=O) groups excluding carboxylic acids is 2. The highest BCUT2D eigenvalue weighted by Gasteiger charge is 2.13. The van der Waals surface area contributed by atoms with Gasteiger partial charge in [0.05, 0.1) is 6.54 Å². The minimum absolute atomic E-state index is 0.0798. The molecule has 4 nitrogen and oxygen atoms in total. The topological polar surface area (TPSA) is 49.4 Å². The number of carbonyl (C=O) groups is 2. The van der Waals surface area contributed by atoms with Crippen LogP contribution in [0.2, 0.25) is 0 Å². The normalized spacial score (nSPS) is 10.8. The quantitative estimate of drug-likeness (QED) is 0.807. The minimum Gasteiger partial charge on any atom is -0.352 e. The second kappa shape index (κ2) is 8.15. The summed E-state index contributed by atoms with van der Waals surface area (Å²) in [4.78, 5) is 25.2. The summed E-state index contributed by atoms with van der Waals surface area (Å²) in [5.41, 5.74) is 0.962. The second-order valence-electron chi connectivity index (χ2n) is 4.82. The molecule has 1 N–H and O–H groups in total. The number of likely N-dealkylation sites (N-methyl/N-ethyl adjacent to an activating group) is 1. The molecule has 0 fully saturated rings. The van der Waals surface area contributed by atoms with Crippen LogP contribution >= 0.6 is 0 Å². The van der Waals surface area contributed by atoms with Crippen molar-refractivity contribution in [2.75, 3.05) is 13.1 Å². The molecule has 0 radical (unpaired) electrons. The van der Waals surface area contributed by atoms with Crippen molar-refractivity contribution in [2.45, 2.75) is 26.8 Å². The largest absolute Gasteiger partial charge is 0.352 e. The Bertz CT molecular complexity index is 467. The van der Waals surface area contributed by atoms with Crippen LogP contribution in [0.3, 0.4) is 0 Å². The predicted octanol–water partition coefficient (Wildman–Crippen LogP) is 2.07. The van der Waals surface area contributed by atoms with Crippen LogP contribution in [0.4, 0.5) is 0 Å². The van der Waals surface area contributed by atoms with Gasteiger partial charge in [0.1, 0.15) is 0 Å². The van der Waals surface area contributed by atoms with E-state index in [0.717, 1.165) is 5.56 Å². The van der Waals surface area contributed by atoms with E-state index in [1.54, 1.807) is 6.08 Å². The van der Waals surface area contributed by atoms with Crippen LogP contribution in [0.25, 0.3) is 6.08 Å². The maximum absolute atomic E-state index is 12.0. The molecular formula is C16H22N2O2. The lowest BCUT2D eigenvalue weighted by molar-refractivity contribution is -0.132. The van der Waals surface area contributed by atoms with Gasteiger partial charge in [0.25, 0.3) is 0 Å². The van der Waals surface area contributed by atoms with Crippen LogP contribution in [-0.4, -0.2) is 35.8 Å². The molecule has 0 spiro atoms. The zero-order valence-electron chi connectivity index (χ0n) is 12.3. The number of amides is 2. The zero-order chi connectivity index (χ0) is 15.0. The van der Waals surface area contributed by atoms with Crippen molar-refractivity contribution >= 4 is 17.9 Å². The highest BCUT2D eigenvalue weighted by atomic mass is 16.2. The van der Waals surface area contributed by atoms with Crippen molar-refractivity contribution in [3.8, 4) is 0 Å². The van der Waals surface area contributed by atoms with E-state index in [-0.39, 0.29) is 24.4 Å². The van der Waals surface area contributed by atoms with E-state index >= 15 is 0 Å². The van der Waals surface area contributed by atoms with Gasteiger partial charge >= 0.3 is 0 Å². The zero-order valence-corrected chi connectivity index (χ0v) is 12.3. The summed E-state index contributed by atoms with van der Waals surface area (Å²) in [6.07, 6.45) is 3.26. The standard InChI is InChI=1S/C16H22N2O2/c1-4-18(12-15(19)17-13(2)3)16(20)11-10-14-8-6-5-7-9-14/h5-11,13H,4,12H2,1-3H3,(H,17,19)/b11-10+. The van der Waals surface area contributed by atoms with Crippen molar-refractivity contribution in [1.82, 2.24) is 10.2 Å². The number of nitrogens with zero attached hydrogens (tertiary/aromatic N) is 1. The van der Waals surface area contributed by atoms with Crippen LogP contribution < -0.4 is 5.32 Å². The number of hydrogen-bond acceptors (Lipinski definition) is 2. The molecule has 4 heteroatoms. The molecule has 1 rings (SSSR count). The lowest BCUT2D eigenvalue weighted by Gasteiger charge is -2.19. The average molecular weight is 274 g/mol. The highest BCUT2D eigenvalue weighted by Crippen LogP contribution is 2.02. The third-order valence-electron chi connectivity index (χ3n) is 2.70. The molecule has 2 amide bonds. The molecule has 0 saturated heterocycles. The SMILES string of the molecule is CCN(CC(=O)NC(C)C)C(=O)/C=C/c1ccccc1. The first-order chi connectivity index (χ1) is 9.52. The Morgan fingerprint density at radius 1 is 1.25 bits per heavy atom. The van der Waals surface area contributed by atoms with Gasteiger partial charge in [-0.15, -0.1) is 0 Å². The molecule has 0 heterocycles. The molecule has 0 aliphatic heterocycles. The molecule has 0 unspecified atom stereocenters. The van der Waals surface area contributed by atoms with Gasteiger partial charge in [0, 0.05) is 18.7 Å². The van der Waals surface area contributed by atoms with Crippen LogP contribution in [0.5, 0.6) is 0 Å². The van der Waals surface area contributed by atoms with Gasteiger partial charge in [-0.05, 0) is 32.4 Å². The molecule has 0 atom stereocenters. The fourth-order valence-electron chi connectivity index (χ4n) is 1.72. The van der Waals surface area contributed by atoms with E-state index in [1.165, 1.54) is 11.0 Å². The molecule has 20 heavy (non-hydrogen) atoms. The Morgan fingerprint density at radius 3 is 2.45 bits per heavy atom. The minimum atomic E-state index is -0.157. The summed E-state index contributed by atoms with van der Waals surface area (Å²) >= 11 is 0. The lowest BCUT2D eigenvalue weighted by Crippen LogP contribution is -2.42. The summed E-state index contributed by atoms with van der Waals surface area (Å²) in [6, 6.07) is 9.68. The molecular weight excluding hydrogens is 252 g/mol. The van der Waals surface area contributed by atoms with Gasteiger partial charge in [-0.25, -0.2) is 0 Å². The molecule has 0 aliphatic carbocycles. The average Bonchev–Trinajstić information content (AvgIpc) is 2.42. The highest BCUT2D eigenvalue weighted by molar-refractivity contribution is 5.94. The van der Waals surface area contributed by atoms with E-state index in [0.29, 0.717) is 6.54 Å². The van der Waals surface area contributed by atoms with Gasteiger partial charge in [-0.1, -0.05) is 30.3 Å². The summed E-state index contributed by atoms with van der Waals surface area (Å²) in [7, 11) is 0. The number of rotatable bonds is 6. The maximum Gasteiger partial charge on any atom is 0.247 e. The molecule has 0 aromatic heterocycles. The molecule has 1 aromatic carbocycles. The Labute approximate surface area is 120 Å². The molecule has 0 bridgehead atoms. The first-order valence-electron chi connectivity index (χ1n) is 6.84. The van der Waals surface area contributed by atoms with E-state index in [9.17, 15) is 9.59 Å². The molecule has 0 aliphatic rings. The van der Waals surface area contributed by atoms with Crippen molar-refractivity contribution < 1.29 is 9.59 Å². The van der Waals surface area contributed by atoms with Crippen LogP contribution in [-0.2, 0) is 9.59 Å². The molecule has 108 valence electrons. The Hall–Kier alpha value is -2.10. The van der Waals surface area contributed by atoms with E-state index in [1.807, 2.05) is 51.1 Å². The van der Waals surface area contributed by atoms with Crippen molar-refractivity contribution in [3.05, 3.63) is 42.0 Å². The van der Waals surface area contributed by atoms with Crippen molar-refractivity contribution in [2.24, 2.45) is 0 Å². The van der Waals surface area contributed by atoms with Gasteiger partial charge in [-0.2, -0.15) is 0 Å². The van der Waals surface area contributed by atoms with Crippen LogP contribution in [0.15, 0.2) is 36.4 Å². The first-order valence-corrected chi connectivity index (χ1v) is 6.84. The second-order valence-corrected chi connectivity index (χ2v) is 4.82. The smallest absolute Gasteiger partial charge is 0.247 e. The maximum atomic E-state index is 12.0. The van der Waals surface area contributed by atoms with Crippen LogP contribution in [0, 0.1) is 0 Å². The van der Waals surface area contributed by atoms with Gasteiger partial charge in [0.2, 0.25) is 11.8 Å².